The molecule has 2 unspecified atom stereocenters. The van der Waals surface area contributed by atoms with Crippen molar-refractivity contribution in [2.45, 2.75) is 65.6 Å². The Morgan fingerprint density at radius 3 is 2.08 bits per heavy atom. The molecular formula is C26H35Cl2N3O4S. The second kappa shape index (κ2) is 12.8. The molecular weight excluding hydrogens is 521 g/mol. The van der Waals surface area contributed by atoms with Gasteiger partial charge >= 0.3 is 0 Å². The molecule has 0 saturated heterocycles. The SMILES string of the molecule is CCC(C)NC(=O)C(C)N(Cc1c(Cl)cccc1Cl)C(=O)CN(c1ccccc1C(C)C)S(C)(=O)=O. The number of carbonyl (C=O) groups is 2. The summed E-state index contributed by atoms with van der Waals surface area (Å²) in [6, 6.07) is 11.1. The summed E-state index contributed by atoms with van der Waals surface area (Å²) in [6.45, 7) is 8.78. The quantitative estimate of drug-likeness (QED) is 0.412. The fraction of sp³-hybridized carbons (Fsp3) is 0.462. The zero-order chi connectivity index (χ0) is 27.2. The Morgan fingerprint density at radius 2 is 1.56 bits per heavy atom. The van der Waals surface area contributed by atoms with E-state index in [-0.39, 0.29) is 24.4 Å². The number of carbonyl (C=O) groups excluding carboxylic acids is 2. The Morgan fingerprint density at radius 1 is 0.972 bits per heavy atom. The summed E-state index contributed by atoms with van der Waals surface area (Å²) < 4.78 is 26.8. The van der Waals surface area contributed by atoms with E-state index in [2.05, 4.69) is 5.32 Å². The number of rotatable bonds is 11. The number of hydrogen-bond acceptors (Lipinski definition) is 4. The summed E-state index contributed by atoms with van der Waals surface area (Å²) in [7, 11) is -3.83. The molecule has 1 N–H and O–H groups in total. The Bertz CT molecular complexity index is 1170. The summed E-state index contributed by atoms with van der Waals surface area (Å²) >= 11 is 12.7. The normalized spacial score (nSPS) is 13.2. The highest BCUT2D eigenvalue weighted by Gasteiger charge is 2.32. The molecule has 0 aliphatic rings. The van der Waals surface area contributed by atoms with Gasteiger partial charge in [-0.25, -0.2) is 8.42 Å². The number of anilines is 1. The van der Waals surface area contributed by atoms with Gasteiger partial charge in [-0.1, -0.05) is 68.2 Å². The van der Waals surface area contributed by atoms with Crippen molar-refractivity contribution >= 4 is 50.7 Å². The van der Waals surface area contributed by atoms with Gasteiger partial charge in [0, 0.05) is 28.2 Å². The lowest BCUT2D eigenvalue weighted by molar-refractivity contribution is -0.139. The number of hydrogen-bond donors (Lipinski definition) is 1. The van der Waals surface area contributed by atoms with Crippen LogP contribution in [-0.4, -0.2) is 50.0 Å². The van der Waals surface area contributed by atoms with Crippen molar-refractivity contribution < 1.29 is 18.0 Å². The highest BCUT2D eigenvalue weighted by Crippen LogP contribution is 2.30. The van der Waals surface area contributed by atoms with Gasteiger partial charge in [0.15, 0.2) is 0 Å². The van der Waals surface area contributed by atoms with E-state index in [4.69, 9.17) is 23.2 Å². The van der Waals surface area contributed by atoms with E-state index in [1.165, 1.54) is 4.90 Å². The highest BCUT2D eigenvalue weighted by molar-refractivity contribution is 7.92. The van der Waals surface area contributed by atoms with E-state index in [0.717, 1.165) is 22.5 Å². The van der Waals surface area contributed by atoms with Gasteiger partial charge in [0.25, 0.3) is 0 Å². The first kappa shape index (κ1) is 29.9. The van der Waals surface area contributed by atoms with Gasteiger partial charge in [0.05, 0.1) is 11.9 Å². The average Bonchev–Trinajstić information content (AvgIpc) is 2.80. The van der Waals surface area contributed by atoms with Crippen LogP contribution in [0.1, 0.15) is 58.1 Å². The maximum absolute atomic E-state index is 13.7. The van der Waals surface area contributed by atoms with Crippen molar-refractivity contribution in [1.29, 1.82) is 0 Å². The van der Waals surface area contributed by atoms with E-state index in [1.807, 2.05) is 39.8 Å². The molecule has 2 aromatic carbocycles. The summed E-state index contributed by atoms with van der Waals surface area (Å²) in [5.41, 5.74) is 1.70. The largest absolute Gasteiger partial charge is 0.352 e. The first-order chi connectivity index (χ1) is 16.8. The minimum Gasteiger partial charge on any atom is -0.352 e. The van der Waals surface area contributed by atoms with E-state index in [1.54, 1.807) is 37.3 Å². The van der Waals surface area contributed by atoms with Crippen LogP contribution in [0, 0.1) is 0 Å². The molecule has 0 fully saturated rings. The fourth-order valence-corrected chi connectivity index (χ4v) is 5.08. The summed E-state index contributed by atoms with van der Waals surface area (Å²) in [6.07, 6.45) is 1.78. The van der Waals surface area contributed by atoms with Crippen molar-refractivity contribution in [2.75, 3.05) is 17.1 Å². The van der Waals surface area contributed by atoms with E-state index in [9.17, 15) is 18.0 Å². The van der Waals surface area contributed by atoms with Gasteiger partial charge < -0.3 is 10.2 Å². The molecule has 0 spiro atoms. The predicted octanol–water partition coefficient (Wildman–Crippen LogP) is 5.21. The number of para-hydroxylation sites is 1. The zero-order valence-corrected chi connectivity index (χ0v) is 23.9. The summed E-state index contributed by atoms with van der Waals surface area (Å²) in [4.78, 5) is 28.1. The van der Waals surface area contributed by atoms with Crippen molar-refractivity contribution in [3.8, 4) is 0 Å². The molecule has 0 radical (unpaired) electrons. The van der Waals surface area contributed by atoms with Crippen LogP contribution >= 0.6 is 23.2 Å². The minimum atomic E-state index is -3.83. The lowest BCUT2D eigenvalue weighted by Crippen LogP contribution is -2.52. The van der Waals surface area contributed by atoms with E-state index >= 15 is 0 Å². The Labute approximate surface area is 224 Å². The van der Waals surface area contributed by atoms with Gasteiger partial charge in [-0.3, -0.25) is 13.9 Å². The molecule has 36 heavy (non-hydrogen) atoms. The van der Waals surface area contributed by atoms with Crippen molar-refractivity contribution in [2.24, 2.45) is 0 Å². The molecule has 2 rings (SSSR count). The van der Waals surface area contributed by atoms with Crippen LogP contribution < -0.4 is 9.62 Å². The number of sulfonamides is 1. The third kappa shape index (κ3) is 7.60. The number of benzene rings is 2. The molecule has 0 aliphatic heterocycles. The maximum Gasteiger partial charge on any atom is 0.244 e. The molecule has 2 aromatic rings. The third-order valence-electron chi connectivity index (χ3n) is 6.07. The number of amides is 2. The van der Waals surface area contributed by atoms with Gasteiger partial charge in [-0.15, -0.1) is 0 Å². The van der Waals surface area contributed by atoms with Crippen LogP contribution in [0.5, 0.6) is 0 Å². The summed E-state index contributed by atoms with van der Waals surface area (Å²) in [5, 5.41) is 3.58. The molecule has 0 bridgehead atoms. The lowest BCUT2D eigenvalue weighted by Gasteiger charge is -2.33. The molecule has 0 heterocycles. The zero-order valence-electron chi connectivity index (χ0n) is 21.6. The molecule has 7 nitrogen and oxygen atoms in total. The molecule has 10 heteroatoms. The van der Waals surface area contributed by atoms with Crippen molar-refractivity contribution in [3.05, 3.63) is 63.6 Å². The minimum absolute atomic E-state index is 0.0267. The number of halogens is 2. The van der Waals surface area contributed by atoms with Gasteiger partial charge in [-0.05, 0) is 49.9 Å². The van der Waals surface area contributed by atoms with E-state index in [0.29, 0.717) is 21.3 Å². The van der Waals surface area contributed by atoms with Gasteiger partial charge in [-0.2, -0.15) is 0 Å². The monoisotopic (exact) mass is 555 g/mol. The maximum atomic E-state index is 13.7. The van der Waals surface area contributed by atoms with Gasteiger partial charge in [0.2, 0.25) is 21.8 Å². The number of nitrogens with one attached hydrogen (secondary N) is 1. The Hall–Kier alpha value is -2.29. The standard InChI is InChI=1S/C26H35Cl2N3O4S/c1-7-18(4)29-26(33)19(5)30(15-21-22(27)12-10-13-23(21)28)25(32)16-31(36(6,34)35)24-14-9-8-11-20(24)17(2)3/h8-14,17-19H,7,15-16H2,1-6H3,(H,29,33). The Balaban J connectivity index is 2.51. The van der Waals surface area contributed by atoms with Crippen LogP contribution in [0.2, 0.25) is 10.0 Å². The van der Waals surface area contributed by atoms with Gasteiger partial charge in [0.1, 0.15) is 12.6 Å². The first-order valence-electron chi connectivity index (χ1n) is 11.9. The predicted molar refractivity (Wildman–Crippen MR) is 147 cm³/mol. The van der Waals surface area contributed by atoms with E-state index < -0.39 is 28.5 Å². The van der Waals surface area contributed by atoms with Crippen LogP contribution in [0.4, 0.5) is 5.69 Å². The highest BCUT2D eigenvalue weighted by atomic mass is 35.5. The molecule has 0 aromatic heterocycles. The third-order valence-corrected chi connectivity index (χ3v) is 7.90. The molecule has 2 atom stereocenters. The van der Waals surface area contributed by atoms with Crippen molar-refractivity contribution in [1.82, 2.24) is 10.2 Å². The molecule has 198 valence electrons. The average molecular weight is 557 g/mol. The first-order valence-corrected chi connectivity index (χ1v) is 14.5. The fourth-order valence-electron chi connectivity index (χ4n) is 3.70. The van der Waals surface area contributed by atoms with Crippen LogP contribution in [0.25, 0.3) is 0 Å². The second-order valence-electron chi connectivity index (χ2n) is 9.20. The topological polar surface area (TPSA) is 86.8 Å². The second-order valence-corrected chi connectivity index (χ2v) is 11.9. The lowest BCUT2D eigenvalue weighted by atomic mass is 10.0. The van der Waals surface area contributed by atoms with Crippen LogP contribution in [0.3, 0.4) is 0 Å². The number of nitrogens with zero attached hydrogens (tertiary/aromatic N) is 2. The van der Waals surface area contributed by atoms with Crippen molar-refractivity contribution in [3.63, 3.8) is 0 Å². The molecule has 0 aliphatic carbocycles. The van der Waals surface area contributed by atoms with Crippen LogP contribution in [-0.2, 0) is 26.2 Å². The van der Waals surface area contributed by atoms with Crippen LogP contribution in [0.15, 0.2) is 42.5 Å². The molecule has 2 amide bonds. The summed E-state index contributed by atoms with van der Waals surface area (Å²) in [5.74, 6) is -0.880. The Kier molecular flexibility index (Phi) is 10.6. The molecule has 0 saturated carbocycles. The smallest absolute Gasteiger partial charge is 0.244 e.